The monoisotopic (exact) mass is 441 g/mol. The Hall–Kier alpha value is -3.00. The molecule has 0 aliphatic rings. The molecule has 0 saturated heterocycles. The molecule has 1 N–H and O–H groups in total. The predicted molar refractivity (Wildman–Crippen MR) is 124 cm³/mol. The van der Waals surface area contributed by atoms with Gasteiger partial charge in [-0.3, -0.25) is 14.2 Å². The van der Waals surface area contributed by atoms with Gasteiger partial charge in [0.2, 0.25) is 5.91 Å². The molecule has 0 spiro atoms. The van der Waals surface area contributed by atoms with Crippen LogP contribution in [-0.4, -0.2) is 35.4 Å². The summed E-state index contributed by atoms with van der Waals surface area (Å²) in [6.07, 6.45) is 0.853. The second-order valence-corrected chi connectivity index (χ2v) is 8.40. The normalized spacial score (nSPS) is 11.0. The van der Waals surface area contributed by atoms with E-state index in [1.807, 2.05) is 18.2 Å². The van der Waals surface area contributed by atoms with Crippen molar-refractivity contribution >= 4 is 34.3 Å². The minimum Gasteiger partial charge on any atom is -0.493 e. The molecule has 3 aromatic rings. The van der Waals surface area contributed by atoms with Crippen LogP contribution in [0.3, 0.4) is 0 Å². The van der Waals surface area contributed by atoms with Gasteiger partial charge in [-0.15, -0.1) is 0 Å². The van der Waals surface area contributed by atoms with Crippen LogP contribution < -0.4 is 20.3 Å². The Morgan fingerprint density at radius 3 is 2.58 bits per heavy atom. The Kier molecular flexibility index (Phi) is 7.57. The zero-order chi connectivity index (χ0) is 22.4. The minimum atomic E-state index is -0.199. The molecule has 0 atom stereocenters. The summed E-state index contributed by atoms with van der Waals surface area (Å²) in [6.45, 7) is 4.79. The summed E-state index contributed by atoms with van der Waals surface area (Å²) >= 11 is 1.26. The second kappa shape index (κ2) is 10.3. The lowest BCUT2D eigenvalue weighted by Crippen LogP contribution is -2.25. The van der Waals surface area contributed by atoms with Crippen LogP contribution in [0, 0.1) is 5.92 Å². The first-order valence-electron chi connectivity index (χ1n) is 10.1. The maximum Gasteiger partial charge on any atom is 0.262 e. The molecule has 1 amide bonds. The number of carbonyl (C=O) groups is 1. The molecule has 0 aliphatic heterocycles. The standard InChI is InChI=1S/C23H27N3O4S/c1-15(2)11-12-26-22(28)17-7-5-6-8-18(17)25-23(26)31-14-21(27)24-16-9-10-19(29-3)20(13-16)30-4/h5-10,13,15H,11-12,14H2,1-4H3,(H,24,27). The highest BCUT2D eigenvalue weighted by Crippen LogP contribution is 2.30. The van der Waals surface area contributed by atoms with Gasteiger partial charge in [-0.2, -0.15) is 0 Å². The van der Waals surface area contributed by atoms with Crippen molar-refractivity contribution in [1.29, 1.82) is 0 Å². The summed E-state index contributed by atoms with van der Waals surface area (Å²) in [5.41, 5.74) is 1.16. The number of methoxy groups -OCH3 is 2. The average Bonchev–Trinajstić information content (AvgIpc) is 2.77. The van der Waals surface area contributed by atoms with E-state index in [-0.39, 0.29) is 17.2 Å². The summed E-state index contributed by atoms with van der Waals surface area (Å²) in [5.74, 6) is 1.50. The Bertz CT molecular complexity index is 1130. The maximum absolute atomic E-state index is 13.0. The lowest BCUT2D eigenvalue weighted by molar-refractivity contribution is -0.113. The number of para-hydroxylation sites is 1. The first-order chi connectivity index (χ1) is 14.9. The largest absolute Gasteiger partial charge is 0.493 e. The Labute approximate surface area is 185 Å². The summed E-state index contributed by atoms with van der Waals surface area (Å²) in [5, 5.41) is 3.99. The number of amides is 1. The van der Waals surface area contributed by atoms with Crippen molar-refractivity contribution in [1.82, 2.24) is 9.55 Å². The molecule has 0 unspecified atom stereocenters. The molecule has 0 aliphatic carbocycles. The fourth-order valence-electron chi connectivity index (χ4n) is 3.08. The van der Waals surface area contributed by atoms with Crippen LogP contribution in [0.4, 0.5) is 5.69 Å². The predicted octanol–water partition coefficient (Wildman–Crippen LogP) is 4.19. The zero-order valence-electron chi connectivity index (χ0n) is 18.2. The van der Waals surface area contributed by atoms with Gasteiger partial charge in [-0.1, -0.05) is 37.7 Å². The first kappa shape index (κ1) is 22.7. The maximum atomic E-state index is 13.0. The molecular weight excluding hydrogens is 414 g/mol. The van der Waals surface area contributed by atoms with E-state index in [1.165, 1.54) is 11.8 Å². The first-order valence-corrected chi connectivity index (χ1v) is 11.1. The minimum absolute atomic E-state index is 0.0750. The molecule has 0 radical (unpaired) electrons. The van der Waals surface area contributed by atoms with Gasteiger partial charge in [0.1, 0.15) is 0 Å². The number of rotatable bonds is 9. The van der Waals surface area contributed by atoms with E-state index < -0.39 is 0 Å². The van der Waals surface area contributed by atoms with Crippen LogP contribution in [0.1, 0.15) is 20.3 Å². The molecule has 2 aromatic carbocycles. The van der Waals surface area contributed by atoms with Crippen LogP contribution >= 0.6 is 11.8 Å². The van der Waals surface area contributed by atoms with Crippen LogP contribution in [0.2, 0.25) is 0 Å². The number of nitrogens with zero attached hydrogens (tertiary/aromatic N) is 2. The van der Waals surface area contributed by atoms with Gasteiger partial charge >= 0.3 is 0 Å². The van der Waals surface area contributed by atoms with E-state index in [1.54, 1.807) is 43.1 Å². The zero-order valence-corrected chi connectivity index (χ0v) is 19.0. The third-order valence-electron chi connectivity index (χ3n) is 4.76. The number of ether oxygens (including phenoxy) is 2. The van der Waals surface area contributed by atoms with Crippen molar-refractivity contribution < 1.29 is 14.3 Å². The molecular formula is C23H27N3O4S. The van der Waals surface area contributed by atoms with Crippen molar-refractivity contribution in [3.63, 3.8) is 0 Å². The molecule has 0 fully saturated rings. The van der Waals surface area contributed by atoms with E-state index in [4.69, 9.17) is 9.47 Å². The van der Waals surface area contributed by atoms with Gasteiger partial charge in [0, 0.05) is 18.3 Å². The number of hydrogen-bond acceptors (Lipinski definition) is 6. The number of hydrogen-bond donors (Lipinski definition) is 1. The number of thioether (sulfide) groups is 1. The van der Waals surface area contributed by atoms with Crippen LogP contribution in [-0.2, 0) is 11.3 Å². The molecule has 31 heavy (non-hydrogen) atoms. The highest BCUT2D eigenvalue weighted by molar-refractivity contribution is 7.99. The number of aromatic nitrogens is 2. The second-order valence-electron chi connectivity index (χ2n) is 7.46. The summed E-state index contributed by atoms with van der Waals surface area (Å²) in [6, 6.07) is 12.5. The summed E-state index contributed by atoms with van der Waals surface area (Å²) < 4.78 is 12.2. The SMILES string of the molecule is COc1ccc(NC(=O)CSc2nc3ccccc3c(=O)n2CCC(C)C)cc1OC. The third kappa shape index (κ3) is 5.58. The lowest BCUT2D eigenvalue weighted by atomic mass is 10.1. The van der Waals surface area contributed by atoms with Crippen molar-refractivity contribution in [3.8, 4) is 11.5 Å². The van der Waals surface area contributed by atoms with Gasteiger partial charge in [0.25, 0.3) is 5.56 Å². The molecule has 1 aromatic heterocycles. The van der Waals surface area contributed by atoms with E-state index in [9.17, 15) is 9.59 Å². The van der Waals surface area contributed by atoms with Gasteiger partial charge in [-0.05, 0) is 36.6 Å². The molecule has 0 saturated carbocycles. The van der Waals surface area contributed by atoms with E-state index in [0.29, 0.717) is 45.7 Å². The van der Waals surface area contributed by atoms with E-state index in [0.717, 1.165) is 6.42 Å². The Morgan fingerprint density at radius 1 is 1.13 bits per heavy atom. The van der Waals surface area contributed by atoms with Crippen molar-refractivity contribution in [2.75, 3.05) is 25.3 Å². The fraction of sp³-hybridized carbons (Fsp3) is 0.348. The number of carbonyl (C=O) groups excluding carboxylic acids is 1. The highest BCUT2D eigenvalue weighted by Gasteiger charge is 2.14. The van der Waals surface area contributed by atoms with E-state index >= 15 is 0 Å². The molecule has 1 heterocycles. The molecule has 8 heteroatoms. The number of anilines is 1. The molecule has 3 rings (SSSR count). The molecule has 7 nitrogen and oxygen atoms in total. The van der Waals surface area contributed by atoms with Crippen LogP contribution in [0.25, 0.3) is 10.9 Å². The van der Waals surface area contributed by atoms with Crippen LogP contribution in [0.15, 0.2) is 52.4 Å². The third-order valence-corrected chi connectivity index (χ3v) is 5.73. The van der Waals surface area contributed by atoms with Gasteiger partial charge in [0.15, 0.2) is 16.7 Å². The fourth-order valence-corrected chi connectivity index (χ4v) is 3.91. The lowest BCUT2D eigenvalue weighted by Gasteiger charge is -2.14. The topological polar surface area (TPSA) is 82.5 Å². The number of fused-ring (bicyclic) bond motifs is 1. The smallest absolute Gasteiger partial charge is 0.262 e. The van der Waals surface area contributed by atoms with Crippen molar-refractivity contribution in [3.05, 3.63) is 52.8 Å². The quantitative estimate of drug-likeness (QED) is 0.396. The summed E-state index contributed by atoms with van der Waals surface area (Å²) in [7, 11) is 3.10. The molecule has 0 bridgehead atoms. The van der Waals surface area contributed by atoms with Crippen LogP contribution in [0.5, 0.6) is 11.5 Å². The van der Waals surface area contributed by atoms with E-state index in [2.05, 4.69) is 24.1 Å². The van der Waals surface area contributed by atoms with Gasteiger partial charge < -0.3 is 14.8 Å². The Balaban J connectivity index is 1.78. The average molecular weight is 442 g/mol. The van der Waals surface area contributed by atoms with Gasteiger partial charge in [-0.25, -0.2) is 4.98 Å². The number of nitrogens with one attached hydrogen (secondary N) is 1. The Morgan fingerprint density at radius 2 is 1.87 bits per heavy atom. The molecule has 164 valence electrons. The summed E-state index contributed by atoms with van der Waals surface area (Å²) in [4.78, 5) is 30.2. The van der Waals surface area contributed by atoms with Gasteiger partial charge in [0.05, 0.1) is 30.9 Å². The van der Waals surface area contributed by atoms with Crippen molar-refractivity contribution in [2.24, 2.45) is 5.92 Å². The highest BCUT2D eigenvalue weighted by atomic mass is 32.2. The van der Waals surface area contributed by atoms with Crippen molar-refractivity contribution in [2.45, 2.75) is 32.0 Å². The number of benzene rings is 2.